The van der Waals surface area contributed by atoms with E-state index in [1.807, 2.05) is 25.6 Å². The topological polar surface area (TPSA) is 18.5 Å². The highest BCUT2D eigenvalue weighted by Crippen LogP contribution is 2.24. The van der Waals surface area contributed by atoms with E-state index in [2.05, 4.69) is 6.92 Å². The molecule has 1 aliphatic rings. The minimum Gasteiger partial charge on any atom is -0.381 e. The first kappa shape index (κ1) is 11.3. The van der Waals surface area contributed by atoms with Crippen molar-refractivity contribution in [3.8, 4) is 0 Å². The Labute approximate surface area is 73.6 Å². The lowest BCUT2D eigenvalue weighted by Crippen LogP contribution is -2.12. The van der Waals surface area contributed by atoms with E-state index in [9.17, 15) is 0 Å². The summed E-state index contributed by atoms with van der Waals surface area (Å²) in [6, 6.07) is 0. The van der Waals surface area contributed by atoms with E-state index in [0.29, 0.717) is 6.10 Å². The van der Waals surface area contributed by atoms with Gasteiger partial charge in [0.15, 0.2) is 0 Å². The molecule has 1 aliphatic heterocycles. The summed E-state index contributed by atoms with van der Waals surface area (Å²) in [6.45, 7) is 6.80. The molecule has 0 aromatic rings. The first-order valence-electron chi connectivity index (χ1n) is 4.09. The normalized spacial score (nSPS) is 29.5. The van der Waals surface area contributed by atoms with Gasteiger partial charge < -0.3 is 9.47 Å². The van der Waals surface area contributed by atoms with Crippen LogP contribution in [0.15, 0.2) is 0 Å². The van der Waals surface area contributed by atoms with E-state index in [1.165, 1.54) is 0 Å². The summed E-state index contributed by atoms with van der Waals surface area (Å²) in [4.78, 5) is 0. The van der Waals surface area contributed by atoms with Crippen LogP contribution in [0.2, 0.25) is 0 Å². The number of rotatable bonds is 2. The number of hydrogen-bond acceptors (Lipinski definition) is 3. The molecule has 0 spiro atoms. The van der Waals surface area contributed by atoms with Crippen molar-refractivity contribution in [1.29, 1.82) is 0 Å². The molecule has 2 nitrogen and oxygen atoms in total. The van der Waals surface area contributed by atoms with Crippen molar-refractivity contribution < 1.29 is 9.47 Å². The monoisotopic (exact) mass is 178 g/mol. The van der Waals surface area contributed by atoms with Crippen LogP contribution in [-0.2, 0) is 9.47 Å². The van der Waals surface area contributed by atoms with Crippen molar-refractivity contribution >= 4 is 11.8 Å². The van der Waals surface area contributed by atoms with E-state index in [4.69, 9.17) is 9.47 Å². The molecular weight excluding hydrogens is 160 g/mol. The van der Waals surface area contributed by atoms with Crippen LogP contribution in [-0.4, -0.2) is 31.0 Å². The fourth-order valence-electron chi connectivity index (χ4n) is 0.804. The maximum absolute atomic E-state index is 5.44. The van der Waals surface area contributed by atoms with Gasteiger partial charge in [0.25, 0.3) is 0 Å². The molecule has 11 heavy (non-hydrogen) atoms. The van der Waals surface area contributed by atoms with E-state index in [1.54, 1.807) is 7.11 Å². The van der Waals surface area contributed by atoms with Crippen molar-refractivity contribution in [3.63, 3.8) is 0 Å². The van der Waals surface area contributed by atoms with Gasteiger partial charge in [-0.15, -0.1) is 11.8 Å². The Morgan fingerprint density at radius 1 is 1.55 bits per heavy atom. The minimum atomic E-state index is 0.282. The van der Waals surface area contributed by atoms with E-state index in [-0.39, 0.29) is 5.44 Å². The molecule has 68 valence electrons. The van der Waals surface area contributed by atoms with Gasteiger partial charge in [0.1, 0.15) is 5.44 Å². The molecule has 0 saturated carbocycles. The Kier molecular flexibility index (Phi) is 7.12. The van der Waals surface area contributed by atoms with Crippen molar-refractivity contribution in [1.82, 2.24) is 0 Å². The van der Waals surface area contributed by atoms with Crippen LogP contribution in [0.4, 0.5) is 0 Å². The summed E-state index contributed by atoms with van der Waals surface area (Å²) in [5.74, 6) is 1.11. The Morgan fingerprint density at radius 3 is 2.55 bits per heavy atom. The maximum Gasteiger partial charge on any atom is 0.127 e. The molecule has 2 atom stereocenters. The summed E-state index contributed by atoms with van der Waals surface area (Å²) in [7, 11) is 1.70. The zero-order valence-corrected chi connectivity index (χ0v) is 8.61. The van der Waals surface area contributed by atoms with Gasteiger partial charge in [0.05, 0.1) is 12.7 Å². The van der Waals surface area contributed by atoms with Crippen molar-refractivity contribution in [2.45, 2.75) is 32.3 Å². The Balaban J connectivity index is 0.000000461. The van der Waals surface area contributed by atoms with Crippen LogP contribution in [0.25, 0.3) is 0 Å². The van der Waals surface area contributed by atoms with Gasteiger partial charge in [0, 0.05) is 12.9 Å². The first-order chi connectivity index (χ1) is 5.33. The molecule has 2 unspecified atom stereocenters. The molecule has 0 aliphatic carbocycles. The summed E-state index contributed by atoms with van der Waals surface area (Å²) in [5, 5.41) is 0. The fraction of sp³-hybridized carbons (Fsp3) is 1.00. The SMILES string of the molecule is CC.COCC1OC(C)CS1. The van der Waals surface area contributed by atoms with Crippen LogP contribution < -0.4 is 0 Å². The lowest BCUT2D eigenvalue weighted by Gasteiger charge is -2.06. The number of thioether (sulfide) groups is 1. The highest BCUT2D eigenvalue weighted by Gasteiger charge is 2.21. The van der Waals surface area contributed by atoms with Crippen molar-refractivity contribution in [2.24, 2.45) is 0 Å². The van der Waals surface area contributed by atoms with Gasteiger partial charge in [-0.3, -0.25) is 0 Å². The van der Waals surface area contributed by atoms with Crippen LogP contribution in [0, 0.1) is 0 Å². The van der Waals surface area contributed by atoms with Gasteiger partial charge in [-0.05, 0) is 6.92 Å². The standard InChI is InChI=1S/C6H12O2S.C2H6/c1-5-4-9-6(8-5)3-7-2;1-2/h5-6H,3-4H2,1-2H3;1-2H3. The second-order valence-corrected chi connectivity index (χ2v) is 3.36. The molecule has 0 aromatic heterocycles. The molecule has 0 N–H and O–H groups in total. The van der Waals surface area contributed by atoms with Crippen molar-refractivity contribution in [3.05, 3.63) is 0 Å². The highest BCUT2D eigenvalue weighted by atomic mass is 32.2. The summed E-state index contributed by atoms with van der Waals surface area (Å²) >= 11 is 1.83. The maximum atomic E-state index is 5.44. The average molecular weight is 178 g/mol. The molecule has 1 rings (SSSR count). The van der Waals surface area contributed by atoms with Crippen LogP contribution in [0.5, 0.6) is 0 Å². The summed E-state index contributed by atoms with van der Waals surface area (Å²) in [5.41, 5.74) is 0.282. The quantitative estimate of drug-likeness (QED) is 0.645. The zero-order chi connectivity index (χ0) is 8.69. The molecule has 1 heterocycles. The molecule has 0 amide bonds. The molecule has 1 saturated heterocycles. The zero-order valence-electron chi connectivity index (χ0n) is 7.79. The van der Waals surface area contributed by atoms with Crippen LogP contribution in [0.1, 0.15) is 20.8 Å². The van der Waals surface area contributed by atoms with Gasteiger partial charge in [0.2, 0.25) is 0 Å². The third kappa shape index (κ3) is 4.67. The Morgan fingerprint density at radius 2 is 2.18 bits per heavy atom. The van der Waals surface area contributed by atoms with Gasteiger partial charge >= 0.3 is 0 Å². The van der Waals surface area contributed by atoms with Crippen LogP contribution in [0.3, 0.4) is 0 Å². The largest absolute Gasteiger partial charge is 0.381 e. The fourth-order valence-corrected chi connectivity index (χ4v) is 1.87. The molecule has 0 bridgehead atoms. The molecular formula is C8H18O2S. The Hall–Kier alpha value is 0.270. The number of ether oxygens (including phenoxy) is 2. The molecule has 0 radical (unpaired) electrons. The first-order valence-corrected chi connectivity index (χ1v) is 5.14. The second kappa shape index (κ2) is 6.95. The smallest absolute Gasteiger partial charge is 0.127 e. The third-order valence-electron chi connectivity index (χ3n) is 1.20. The minimum absolute atomic E-state index is 0.282. The van der Waals surface area contributed by atoms with E-state index < -0.39 is 0 Å². The van der Waals surface area contributed by atoms with E-state index in [0.717, 1.165) is 12.4 Å². The predicted octanol–water partition coefficient (Wildman–Crippen LogP) is 2.14. The lowest BCUT2D eigenvalue weighted by molar-refractivity contribution is 0.0295. The Bertz CT molecular complexity index is 86.2. The second-order valence-electron chi connectivity index (χ2n) is 2.16. The number of hydrogen-bond donors (Lipinski definition) is 0. The van der Waals surface area contributed by atoms with E-state index >= 15 is 0 Å². The third-order valence-corrected chi connectivity index (χ3v) is 2.48. The summed E-state index contributed by atoms with van der Waals surface area (Å²) < 4.78 is 10.4. The molecule has 1 fully saturated rings. The molecule has 3 heteroatoms. The lowest BCUT2D eigenvalue weighted by atomic mass is 10.5. The molecule has 0 aromatic carbocycles. The van der Waals surface area contributed by atoms with Gasteiger partial charge in [-0.1, -0.05) is 13.8 Å². The van der Waals surface area contributed by atoms with Crippen molar-refractivity contribution in [2.75, 3.05) is 19.5 Å². The van der Waals surface area contributed by atoms with Gasteiger partial charge in [-0.25, -0.2) is 0 Å². The summed E-state index contributed by atoms with van der Waals surface area (Å²) in [6.07, 6.45) is 0.412. The number of methoxy groups -OCH3 is 1. The predicted molar refractivity (Wildman–Crippen MR) is 50.0 cm³/mol. The van der Waals surface area contributed by atoms with Crippen LogP contribution >= 0.6 is 11.8 Å². The van der Waals surface area contributed by atoms with Gasteiger partial charge in [-0.2, -0.15) is 0 Å². The average Bonchev–Trinajstić information content (AvgIpc) is 2.41. The highest BCUT2D eigenvalue weighted by molar-refractivity contribution is 8.00.